The first-order valence-corrected chi connectivity index (χ1v) is 10.8. The molecule has 4 rings (SSSR count). The van der Waals surface area contributed by atoms with Crippen molar-refractivity contribution in [1.82, 2.24) is 10.2 Å². The minimum atomic E-state index is -0.395. The summed E-state index contributed by atoms with van der Waals surface area (Å²) in [5, 5.41) is 3.33. The molecule has 2 saturated heterocycles. The lowest BCUT2D eigenvalue weighted by atomic mass is 9.91. The molecule has 2 heterocycles. The van der Waals surface area contributed by atoms with Gasteiger partial charge in [-0.1, -0.05) is 30.3 Å². The minimum Gasteiger partial charge on any atom is -0.385 e. The number of methoxy groups -OCH3 is 1. The van der Waals surface area contributed by atoms with E-state index in [1.54, 1.807) is 7.11 Å². The number of ether oxygens (including phenoxy) is 2. The molecule has 2 amide bonds. The van der Waals surface area contributed by atoms with Gasteiger partial charge in [0.05, 0.1) is 11.0 Å². The molecular formula is C23H32N2O4. The van der Waals surface area contributed by atoms with Crippen molar-refractivity contribution in [2.24, 2.45) is 5.92 Å². The normalized spacial score (nSPS) is 26.3. The third kappa shape index (κ3) is 4.19. The molecule has 2 aliphatic heterocycles. The molecule has 1 saturated carbocycles. The molecule has 1 atom stereocenters. The van der Waals surface area contributed by atoms with E-state index in [4.69, 9.17) is 9.47 Å². The average molecular weight is 401 g/mol. The number of nitrogens with one attached hydrogen (secondary N) is 1. The number of rotatable bonds is 7. The van der Waals surface area contributed by atoms with Crippen LogP contribution in [0.4, 0.5) is 0 Å². The smallest absolute Gasteiger partial charge is 0.233 e. The minimum absolute atomic E-state index is 0.00649. The van der Waals surface area contributed by atoms with Crippen LogP contribution in [0.1, 0.15) is 44.1 Å². The van der Waals surface area contributed by atoms with E-state index in [1.165, 1.54) is 0 Å². The van der Waals surface area contributed by atoms with E-state index in [-0.39, 0.29) is 23.1 Å². The molecule has 6 heteroatoms. The first-order valence-electron chi connectivity index (χ1n) is 10.8. The maximum Gasteiger partial charge on any atom is 0.233 e. The standard InChI is InChI=1S/C23H32N2O4/c1-28-16-12-22(24-20(26)18-7-14-29-15-8-18)11-13-25(17-22)21(27)23(9-10-23)19-5-3-2-4-6-19/h2-6,18H,7-17H2,1H3,(H,24,26). The molecule has 0 bridgehead atoms. The van der Waals surface area contributed by atoms with Crippen LogP contribution in [0.2, 0.25) is 0 Å². The highest BCUT2D eigenvalue weighted by molar-refractivity contribution is 5.91. The lowest BCUT2D eigenvalue weighted by Gasteiger charge is -2.33. The zero-order valence-corrected chi connectivity index (χ0v) is 17.3. The highest BCUT2D eigenvalue weighted by Gasteiger charge is 2.55. The number of nitrogens with zero attached hydrogens (tertiary/aromatic N) is 1. The van der Waals surface area contributed by atoms with E-state index >= 15 is 0 Å². The average Bonchev–Trinajstić information content (AvgIpc) is 3.48. The molecular weight excluding hydrogens is 368 g/mol. The van der Waals surface area contributed by atoms with E-state index in [9.17, 15) is 9.59 Å². The van der Waals surface area contributed by atoms with E-state index in [0.717, 1.165) is 44.1 Å². The van der Waals surface area contributed by atoms with E-state index in [1.807, 2.05) is 23.1 Å². The topological polar surface area (TPSA) is 67.9 Å². The van der Waals surface area contributed by atoms with Crippen LogP contribution in [0.5, 0.6) is 0 Å². The molecule has 1 aromatic rings. The summed E-state index contributed by atoms with van der Waals surface area (Å²) >= 11 is 0. The van der Waals surface area contributed by atoms with Gasteiger partial charge in [-0.2, -0.15) is 0 Å². The summed E-state index contributed by atoms with van der Waals surface area (Å²) in [4.78, 5) is 28.3. The molecule has 1 aliphatic carbocycles. The summed E-state index contributed by atoms with van der Waals surface area (Å²) in [5.74, 6) is 0.318. The van der Waals surface area contributed by atoms with Crippen molar-refractivity contribution in [2.75, 3.05) is 40.0 Å². The van der Waals surface area contributed by atoms with Gasteiger partial charge in [-0.15, -0.1) is 0 Å². The molecule has 29 heavy (non-hydrogen) atoms. The van der Waals surface area contributed by atoms with Crippen LogP contribution in [0.3, 0.4) is 0 Å². The van der Waals surface area contributed by atoms with E-state index < -0.39 is 5.54 Å². The van der Waals surface area contributed by atoms with Crippen molar-refractivity contribution < 1.29 is 19.1 Å². The fraction of sp³-hybridized carbons (Fsp3) is 0.652. The fourth-order valence-corrected chi connectivity index (χ4v) is 4.85. The predicted octanol–water partition coefficient (Wildman–Crippen LogP) is 2.27. The number of likely N-dealkylation sites (tertiary alicyclic amines) is 1. The molecule has 3 aliphatic rings. The van der Waals surface area contributed by atoms with Gasteiger partial charge in [-0.25, -0.2) is 0 Å². The van der Waals surface area contributed by atoms with Crippen LogP contribution in [0.25, 0.3) is 0 Å². The molecule has 6 nitrogen and oxygen atoms in total. The number of hydrogen-bond acceptors (Lipinski definition) is 4. The quantitative estimate of drug-likeness (QED) is 0.762. The Hall–Kier alpha value is -1.92. The number of hydrogen-bond donors (Lipinski definition) is 1. The second-order valence-electron chi connectivity index (χ2n) is 8.82. The number of amides is 2. The summed E-state index contributed by atoms with van der Waals surface area (Å²) in [5.41, 5.74) is 0.363. The van der Waals surface area contributed by atoms with Gasteiger partial charge < -0.3 is 19.7 Å². The van der Waals surface area contributed by atoms with Crippen LogP contribution in [0.15, 0.2) is 30.3 Å². The van der Waals surface area contributed by atoms with Gasteiger partial charge >= 0.3 is 0 Å². The van der Waals surface area contributed by atoms with Gasteiger partial charge in [0, 0.05) is 45.9 Å². The molecule has 3 fully saturated rings. The second kappa shape index (κ2) is 8.44. The third-order valence-corrected chi connectivity index (χ3v) is 6.89. The largest absolute Gasteiger partial charge is 0.385 e. The van der Waals surface area contributed by atoms with Gasteiger partial charge in [0.15, 0.2) is 0 Å². The van der Waals surface area contributed by atoms with Gasteiger partial charge in [0.25, 0.3) is 0 Å². The summed E-state index contributed by atoms with van der Waals surface area (Å²) < 4.78 is 10.7. The van der Waals surface area contributed by atoms with Crippen molar-refractivity contribution in [1.29, 1.82) is 0 Å². The zero-order valence-electron chi connectivity index (χ0n) is 17.3. The zero-order chi connectivity index (χ0) is 20.3. The Kier molecular flexibility index (Phi) is 5.93. The summed E-state index contributed by atoms with van der Waals surface area (Å²) in [6, 6.07) is 10.1. The summed E-state index contributed by atoms with van der Waals surface area (Å²) in [7, 11) is 1.68. The van der Waals surface area contributed by atoms with Crippen molar-refractivity contribution >= 4 is 11.8 Å². The first-order chi connectivity index (χ1) is 14.1. The fourth-order valence-electron chi connectivity index (χ4n) is 4.85. The Labute approximate surface area is 172 Å². The Bertz CT molecular complexity index is 728. The van der Waals surface area contributed by atoms with Crippen LogP contribution in [-0.4, -0.2) is 62.3 Å². The van der Waals surface area contributed by atoms with Gasteiger partial charge in [0.2, 0.25) is 11.8 Å². The second-order valence-corrected chi connectivity index (χ2v) is 8.82. The summed E-state index contributed by atoms with van der Waals surface area (Å²) in [6.07, 6.45) is 4.86. The highest BCUT2D eigenvalue weighted by atomic mass is 16.5. The Balaban J connectivity index is 1.46. The Morgan fingerprint density at radius 2 is 1.90 bits per heavy atom. The molecule has 0 radical (unpaired) electrons. The lowest BCUT2D eigenvalue weighted by molar-refractivity contribution is -0.134. The van der Waals surface area contributed by atoms with Crippen LogP contribution < -0.4 is 5.32 Å². The SMILES string of the molecule is COCCC1(NC(=O)C2CCOCC2)CCN(C(=O)C2(c3ccccc3)CC2)C1. The van der Waals surface area contributed by atoms with Crippen LogP contribution in [0, 0.1) is 5.92 Å². The first kappa shape index (κ1) is 20.4. The highest BCUT2D eigenvalue weighted by Crippen LogP contribution is 2.50. The maximum absolute atomic E-state index is 13.4. The monoisotopic (exact) mass is 400 g/mol. The molecule has 1 aromatic carbocycles. The number of carbonyl (C=O) groups excluding carboxylic acids is 2. The third-order valence-electron chi connectivity index (χ3n) is 6.89. The van der Waals surface area contributed by atoms with Gasteiger partial charge in [0.1, 0.15) is 0 Å². The molecule has 158 valence electrons. The van der Waals surface area contributed by atoms with Crippen molar-refractivity contribution in [3.63, 3.8) is 0 Å². The molecule has 0 aromatic heterocycles. The molecule has 1 N–H and O–H groups in total. The van der Waals surface area contributed by atoms with E-state index in [0.29, 0.717) is 32.9 Å². The lowest BCUT2D eigenvalue weighted by Crippen LogP contribution is -2.54. The number of benzene rings is 1. The van der Waals surface area contributed by atoms with Crippen molar-refractivity contribution in [3.05, 3.63) is 35.9 Å². The Morgan fingerprint density at radius 1 is 1.17 bits per heavy atom. The summed E-state index contributed by atoms with van der Waals surface area (Å²) in [6.45, 7) is 3.12. The van der Waals surface area contributed by atoms with Crippen molar-refractivity contribution in [3.8, 4) is 0 Å². The van der Waals surface area contributed by atoms with Crippen LogP contribution >= 0.6 is 0 Å². The van der Waals surface area contributed by atoms with Crippen LogP contribution in [-0.2, 0) is 24.5 Å². The maximum atomic E-state index is 13.4. The van der Waals surface area contributed by atoms with Crippen molar-refractivity contribution in [2.45, 2.75) is 49.5 Å². The van der Waals surface area contributed by atoms with Gasteiger partial charge in [-0.05, 0) is 44.1 Å². The van der Waals surface area contributed by atoms with Gasteiger partial charge in [-0.3, -0.25) is 9.59 Å². The predicted molar refractivity (Wildman–Crippen MR) is 109 cm³/mol. The van der Waals surface area contributed by atoms with E-state index in [2.05, 4.69) is 17.4 Å². The molecule has 0 spiro atoms. The number of carbonyl (C=O) groups is 2. The Morgan fingerprint density at radius 3 is 2.55 bits per heavy atom. The molecule has 1 unspecified atom stereocenters.